The van der Waals surface area contributed by atoms with Crippen molar-refractivity contribution in [2.24, 2.45) is 11.7 Å². The summed E-state index contributed by atoms with van der Waals surface area (Å²) in [5.74, 6) is -2.59. The molecule has 1 aliphatic heterocycles. The van der Waals surface area contributed by atoms with E-state index in [1.54, 1.807) is 4.90 Å². The second-order valence-electron chi connectivity index (χ2n) is 3.97. The van der Waals surface area contributed by atoms with E-state index in [9.17, 15) is 14.0 Å². The van der Waals surface area contributed by atoms with Crippen LogP contribution in [0.2, 0.25) is 0 Å². The summed E-state index contributed by atoms with van der Waals surface area (Å²) in [5.41, 5.74) is 5.42. The Labute approximate surface area is 96.6 Å². The van der Waals surface area contributed by atoms with Crippen LogP contribution in [0.3, 0.4) is 0 Å². The predicted octanol–water partition coefficient (Wildman–Crippen LogP) is 0.445. The number of carbonyl (C=O) groups is 2. The van der Waals surface area contributed by atoms with Crippen molar-refractivity contribution in [2.75, 3.05) is 18.0 Å². The number of rotatable bonds is 3. The fourth-order valence-electron chi connectivity index (χ4n) is 1.75. The number of hydrogen-bond acceptors (Lipinski definition) is 3. The van der Waals surface area contributed by atoms with Crippen LogP contribution in [0.15, 0.2) is 18.2 Å². The third-order valence-electron chi connectivity index (χ3n) is 2.80. The third kappa shape index (κ3) is 2.06. The van der Waals surface area contributed by atoms with Gasteiger partial charge in [-0.1, -0.05) is 0 Å². The van der Waals surface area contributed by atoms with Crippen LogP contribution >= 0.6 is 0 Å². The van der Waals surface area contributed by atoms with Gasteiger partial charge in [0, 0.05) is 18.7 Å². The highest BCUT2D eigenvalue weighted by atomic mass is 19.1. The smallest absolute Gasteiger partial charge is 0.310 e. The number of anilines is 1. The minimum Gasteiger partial charge on any atom is -0.481 e. The summed E-state index contributed by atoms with van der Waals surface area (Å²) in [6.45, 7) is 0.560. The number of benzene rings is 1. The second kappa shape index (κ2) is 4.04. The van der Waals surface area contributed by atoms with Crippen molar-refractivity contribution in [1.29, 1.82) is 0 Å². The Morgan fingerprint density at radius 1 is 1.41 bits per heavy atom. The van der Waals surface area contributed by atoms with Crippen LogP contribution in [0, 0.1) is 11.7 Å². The number of amides is 1. The molecular weight excluding hydrogens is 227 g/mol. The quantitative estimate of drug-likeness (QED) is 0.800. The van der Waals surface area contributed by atoms with Gasteiger partial charge in [-0.2, -0.15) is 0 Å². The van der Waals surface area contributed by atoms with Crippen LogP contribution in [0.1, 0.15) is 10.4 Å². The largest absolute Gasteiger partial charge is 0.481 e. The molecule has 0 atom stereocenters. The van der Waals surface area contributed by atoms with Crippen LogP contribution in [0.4, 0.5) is 10.1 Å². The normalized spacial score (nSPS) is 15.5. The number of hydrogen-bond donors (Lipinski definition) is 2. The van der Waals surface area contributed by atoms with Crippen LogP contribution in [-0.4, -0.2) is 30.1 Å². The first-order valence-corrected chi connectivity index (χ1v) is 5.06. The van der Waals surface area contributed by atoms with Gasteiger partial charge in [0.1, 0.15) is 5.82 Å². The Hall–Kier alpha value is -2.11. The number of aliphatic carboxylic acids is 1. The van der Waals surface area contributed by atoms with Crippen molar-refractivity contribution in [3.05, 3.63) is 29.6 Å². The van der Waals surface area contributed by atoms with E-state index in [1.807, 2.05) is 0 Å². The van der Waals surface area contributed by atoms with Gasteiger partial charge in [-0.05, 0) is 18.2 Å². The van der Waals surface area contributed by atoms with E-state index in [0.29, 0.717) is 5.69 Å². The van der Waals surface area contributed by atoms with Gasteiger partial charge in [-0.25, -0.2) is 4.39 Å². The number of carboxylic acid groups (broad SMARTS) is 1. The lowest BCUT2D eigenvalue weighted by Gasteiger charge is -2.38. The van der Waals surface area contributed by atoms with Gasteiger partial charge < -0.3 is 15.7 Å². The third-order valence-corrected chi connectivity index (χ3v) is 2.80. The molecule has 17 heavy (non-hydrogen) atoms. The number of carbonyl (C=O) groups excluding carboxylic acids is 1. The van der Waals surface area contributed by atoms with Crippen molar-refractivity contribution in [3.63, 3.8) is 0 Å². The molecule has 0 saturated carbocycles. The van der Waals surface area contributed by atoms with E-state index in [4.69, 9.17) is 10.8 Å². The Kier molecular flexibility index (Phi) is 2.71. The molecule has 0 bridgehead atoms. The lowest BCUT2D eigenvalue weighted by molar-refractivity contribution is -0.142. The van der Waals surface area contributed by atoms with Gasteiger partial charge in [0.2, 0.25) is 5.91 Å². The van der Waals surface area contributed by atoms with E-state index in [1.165, 1.54) is 12.1 Å². The molecule has 0 spiro atoms. The average molecular weight is 238 g/mol. The van der Waals surface area contributed by atoms with E-state index < -0.39 is 23.6 Å². The van der Waals surface area contributed by atoms with Gasteiger partial charge in [0.15, 0.2) is 0 Å². The molecule has 1 saturated heterocycles. The molecule has 1 aromatic rings. The Balaban J connectivity index is 2.14. The van der Waals surface area contributed by atoms with Crippen molar-refractivity contribution in [1.82, 2.24) is 0 Å². The summed E-state index contributed by atoms with van der Waals surface area (Å²) in [6.07, 6.45) is 0. The molecule has 5 nitrogen and oxygen atoms in total. The number of carboxylic acids is 1. The average Bonchev–Trinajstić information content (AvgIpc) is 2.17. The molecule has 0 aliphatic carbocycles. The van der Waals surface area contributed by atoms with Crippen molar-refractivity contribution >= 4 is 17.6 Å². The molecule has 6 heteroatoms. The maximum atomic E-state index is 13.6. The van der Waals surface area contributed by atoms with Crippen LogP contribution in [-0.2, 0) is 4.79 Å². The van der Waals surface area contributed by atoms with Gasteiger partial charge >= 0.3 is 5.97 Å². The Morgan fingerprint density at radius 2 is 2.06 bits per heavy atom. The van der Waals surface area contributed by atoms with Crippen molar-refractivity contribution in [3.8, 4) is 0 Å². The first-order chi connectivity index (χ1) is 7.99. The molecule has 3 N–H and O–H groups in total. The highest BCUT2D eigenvalue weighted by Gasteiger charge is 2.33. The molecule has 1 fully saturated rings. The summed E-state index contributed by atoms with van der Waals surface area (Å²) < 4.78 is 13.6. The molecule has 90 valence electrons. The van der Waals surface area contributed by atoms with E-state index >= 15 is 0 Å². The van der Waals surface area contributed by atoms with E-state index in [2.05, 4.69) is 0 Å². The number of primary amides is 1. The zero-order valence-corrected chi connectivity index (χ0v) is 8.89. The lowest BCUT2D eigenvalue weighted by Crippen LogP contribution is -2.50. The molecule has 0 aromatic heterocycles. The molecule has 2 rings (SSSR count). The van der Waals surface area contributed by atoms with Gasteiger partial charge in [-0.15, -0.1) is 0 Å². The maximum Gasteiger partial charge on any atom is 0.310 e. The summed E-state index contributed by atoms with van der Waals surface area (Å²) in [5, 5.41) is 8.70. The van der Waals surface area contributed by atoms with Gasteiger partial charge in [0.05, 0.1) is 11.6 Å². The number of nitrogens with two attached hydrogens (primary N) is 1. The standard InChI is InChI=1S/C11H11FN2O3/c12-8-3-6(10(13)15)1-2-9(8)14-4-7(5-14)11(16)17/h1-3,7H,4-5H2,(H2,13,15)(H,16,17). The minimum atomic E-state index is -0.879. The second-order valence-corrected chi connectivity index (χ2v) is 3.97. The monoisotopic (exact) mass is 238 g/mol. The fourth-order valence-corrected chi connectivity index (χ4v) is 1.75. The SMILES string of the molecule is NC(=O)c1ccc(N2CC(C(=O)O)C2)c(F)c1. The molecule has 1 amide bonds. The maximum absolute atomic E-state index is 13.6. The fraction of sp³-hybridized carbons (Fsp3) is 0.273. The van der Waals surface area contributed by atoms with Gasteiger partial charge in [0.25, 0.3) is 0 Å². The number of nitrogens with zero attached hydrogens (tertiary/aromatic N) is 1. The van der Waals surface area contributed by atoms with Crippen LogP contribution in [0.25, 0.3) is 0 Å². The van der Waals surface area contributed by atoms with Crippen LogP contribution < -0.4 is 10.6 Å². The molecule has 0 radical (unpaired) electrons. The summed E-state index contributed by atoms with van der Waals surface area (Å²) >= 11 is 0. The highest BCUT2D eigenvalue weighted by Crippen LogP contribution is 2.27. The topological polar surface area (TPSA) is 83.6 Å². The Morgan fingerprint density at radius 3 is 2.53 bits per heavy atom. The van der Waals surface area contributed by atoms with Crippen molar-refractivity contribution in [2.45, 2.75) is 0 Å². The predicted molar refractivity (Wildman–Crippen MR) is 58.3 cm³/mol. The van der Waals surface area contributed by atoms with Crippen LogP contribution in [0.5, 0.6) is 0 Å². The van der Waals surface area contributed by atoms with Crippen molar-refractivity contribution < 1.29 is 19.1 Å². The Bertz CT molecular complexity index is 484. The lowest BCUT2D eigenvalue weighted by atomic mass is 9.99. The summed E-state index contributed by atoms with van der Waals surface area (Å²) in [4.78, 5) is 23.0. The summed E-state index contributed by atoms with van der Waals surface area (Å²) in [7, 11) is 0. The molecule has 1 aliphatic rings. The molecular formula is C11H11FN2O3. The van der Waals surface area contributed by atoms with Gasteiger partial charge in [-0.3, -0.25) is 9.59 Å². The zero-order chi connectivity index (χ0) is 12.6. The molecule has 0 unspecified atom stereocenters. The molecule has 1 heterocycles. The first-order valence-electron chi connectivity index (χ1n) is 5.06. The minimum absolute atomic E-state index is 0.0987. The van der Waals surface area contributed by atoms with E-state index in [0.717, 1.165) is 6.07 Å². The summed E-state index contributed by atoms with van der Waals surface area (Å²) in [6, 6.07) is 3.92. The number of halogens is 1. The first kappa shape index (κ1) is 11.4. The van der Waals surface area contributed by atoms with E-state index in [-0.39, 0.29) is 18.7 Å². The highest BCUT2D eigenvalue weighted by molar-refractivity contribution is 5.93. The zero-order valence-electron chi connectivity index (χ0n) is 8.89. The molecule has 1 aromatic carbocycles.